The molecule has 0 heterocycles. The van der Waals surface area contributed by atoms with Gasteiger partial charge in [0.15, 0.2) is 0 Å². The summed E-state index contributed by atoms with van der Waals surface area (Å²) >= 11 is 0. The van der Waals surface area contributed by atoms with Gasteiger partial charge in [0.25, 0.3) is 0 Å². The molecule has 10 heavy (non-hydrogen) atoms. The maximum atomic E-state index is 3.68. The van der Waals surface area contributed by atoms with Crippen molar-refractivity contribution >= 4 is 0 Å². The molecule has 0 rings (SSSR count). The molecule has 0 atom stereocenters. The summed E-state index contributed by atoms with van der Waals surface area (Å²) in [6.45, 7) is 10.3. The third-order valence-corrected chi connectivity index (χ3v) is 0.605. The first-order chi connectivity index (χ1) is 4.18. The van der Waals surface area contributed by atoms with Crippen molar-refractivity contribution in [2.75, 3.05) is 20.6 Å². The van der Waals surface area contributed by atoms with Crippen LogP contribution in [0.1, 0.15) is 19.8 Å². The number of hydrogen-bond donors (Lipinski definition) is 0. The Labute approximate surface area is 78.9 Å². The summed E-state index contributed by atoms with van der Waals surface area (Å²) in [5.74, 6) is 0. The Morgan fingerprint density at radius 3 is 1.50 bits per heavy atom. The quantitative estimate of drug-likeness (QED) is 0.480. The summed E-state index contributed by atoms with van der Waals surface area (Å²) in [7, 11) is 4.09. The van der Waals surface area contributed by atoms with Gasteiger partial charge in [0, 0.05) is 0 Å². The van der Waals surface area contributed by atoms with Crippen LogP contribution in [0.3, 0.4) is 0 Å². The van der Waals surface area contributed by atoms with E-state index in [-0.39, 0.29) is 19.5 Å². The van der Waals surface area contributed by atoms with E-state index < -0.39 is 0 Å². The molecule has 2 heteroatoms. The fraction of sp³-hybridized carbons (Fsp3) is 0.750. The molecule has 0 saturated heterocycles. The SMILES string of the molecule is [CH2-]CC.[CH2-]CCN(C)C.[Zn+2]. The normalized spacial score (nSPS) is 7.80. The molecule has 0 aromatic rings. The van der Waals surface area contributed by atoms with Gasteiger partial charge in [-0.3, -0.25) is 0 Å². The smallest absolute Gasteiger partial charge is 0.344 e. The molecule has 0 aliphatic heterocycles. The molecule has 0 saturated carbocycles. The summed E-state index contributed by atoms with van der Waals surface area (Å²) in [5, 5.41) is 0. The summed E-state index contributed by atoms with van der Waals surface area (Å²) in [6.07, 6.45) is 2.01. The summed E-state index contributed by atoms with van der Waals surface area (Å²) in [6, 6.07) is 0. The van der Waals surface area contributed by atoms with Crippen LogP contribution < -0.4 is 0 Å². The first-order valence-electron chi connectivity index (χ1n) is 3.42. The topological polar surface area (TPSA) is 3.24 Å². The Morgan fingerprint density at radius 2 is 1.50 bits per heavy atom. The first-order valence-corrected chi connectivity index (χ1v) is 3.42. The molecule has 0 amide bonds. The minimum atomic E-state index is 0. The number of rotatable bonds is 2. The van der Waals surface area contributed by atoms with Gasteiger partial charge in [-0.1, -0.05) is 6.92 Å². The number of nitrogens with zero attached hydrogens (tertiary/aromatic N) is 1. The Hall–Kier alpha value is 0.583. The van der Waals surface area contributed by atoms with Gasteiger partial charge in [-0.05, 0) is 20.6 Å². The molecule has 0 spiro atoms. The second-order valence-electron chi connectivity index (χ2n) is 2.16. The van der Waals surface area contributed by atoms with Crippen molar-refractivity contribution < 1.29 is 19.5 Å². The van der Waals surface area contributed by atoms with Crippen LogP contribution in [0.2, 0.25) is 0 Å². The van der Waals surface area contributed by atoms with Gasteiger partial charge in [0.05, 0.1) is 0 Å². The number of hydrogen-bond acceptors (Lipinski definition) is 1. The summed E-state index contributed by atoms with van der Waals surface area (Å²) in [5.41, 5.74) is 0. The third-order valence-electron chi connectivity index (χ3n) is 0.605. The Morgan fingerprint density at radius 1 is 1.20 bits per heavy atom. The zero-order valence-corrected chi connectivity index (χ0v) is 10.7. The molecule has 0 aromatic carbocycles. The third kappa shape index (κ3) is 38.4. The molecule has 0 aliphatic carbocycles. The molecule has 0 unspecified atom stereocenters. The van der Waals surface area contributed by atoms with E-state index in [0.717, 1.165) is 19.4 Å². The van der Waals surface area contributed by atoms with Gasteiger partial charge in [-0.25, -0.2) is 0 Å². The van der Waals surface area contributed by atoms with E-state index >= 15 is 0 Å². The first kappa shape index (κ1) is 16.9. The van der Waals surface area contributed by atoms with Crippen molar-refractivity contribution in [3.8, 4) is 0 Å². The maximum absolute atomic E-state index is 3.68. The van der Waals surface area contributed by atoms with Crippen molar-refractivity contribution in [2.24, 2.45) is 0 Å². The minimum absolute atomic E-state index is 0. The largest absolute Gasteiger partial charge is 2.00 e. The van der Waals surface area contributed by atoms with Gasteiger partial charge in [-0.2, -0.15) is 12.8 Å². The predicted octanol–water partition coefficient (Wildman–Crippen LogP) is 2.00. The zero-order valence-electron chi connectivity index (χ0n) is 7.69. The van der Waals surface area contributed by atoms with Crippen molar-refractivity contribution in [2.45, 2.75) is 19.8 Å². The molecule has 58 valence electrons. The zero-order chi connectivity index (χ0) is 7.70. The molecule has 0 fully saturated rings. The van der Waals surface area contributed by atoms with E-state index in [4.69, 9.17) is 0 Å². The van der Waals surface area contributed by atoms with E-state index in [1.54, 1.807) is 0 Å². The standard InChI is InChI=1S/C5H12N.C3H7.Zn/c1-4-5-6(2)3;1-3-2;/h1,4-5H2,2-3H3;1,3H2,2H3;/q2*-1;+2. The van der Waals surface area contributed by atoms with Gasteiger partial charge in [0.2, 0.25) is 0 Å². The van der Waals surface area contributed by atoms with Crippen LogP contribution in [0.5, 0.6) is 0 Å². The van der Waals surface area contributed by atoms with Gasteiger partial charge in [-0.15, -0.1) is 0 Å². The molecular weight excluding hydrogens is 175 g/mol. The molecule has 0 radical (unpaired) electrons. The van der Waals surface area contributed by atoms with E-state index in [9.17, 15) is 0 Å². The Kier molecular flexibility index (Phi) is 27.5. The fourth-order valence-corrected chi connectivity index (χ4v) is 0.316. The minimum Gasteiger partial charge on any atom is -0.344 e. The van der Waals surface area contributed by atoms with Gasteiger partial charge >= 0.3 is 19.5 Å². The van der Waals surface area contributed by atoms with Crippen LogP contribution in [0, 0.1) is 13.8 Å². The van der Waals surface area contributed by atoms with Crippen LogP contribution in [0.15, 0.2) is 0 Å². The van der Waals surface area contributed by atoms with Crippen LogP contribution in [0.25, 0.3) is 0 Å². The Balaban J connectivity index is -0.000000107. The van der Waals surface area contributed by atoms with E-state index in [1.165, 1.54) is 0 Å². The molecule has 0 aliphatic rings. The van der Waals surface area contributed by atoms with Crippen molar-refractivity contribution in [1.29, 1.82) is 0 Å². The van der Waals surface area contributed by atoms with Gasteiger partial charge < -0.3 is 18.7 Å². The van der Waals surface area contributed by atoms with E-state index in [0.29, 0.717) is 0 Å². The average molecular weight is 195 g/mol. The average Bonchev–Trinajstić information content (AvgIpc) is 1.67. The predicted molar refractivity (Wildman–Crippen MR) is 44.2 cm³/mol. The monoisotopic (exact) mass is 193 g/mol. The summed E-state index contributed by atoms with van der Waals surface area (Å²) in [4.78, 5) is 2.12. The van der Waals surface area contributed by atoms with E-state index in [2.05, 4.69) is 18.7 Å². The van der Waals surface area contributed by atoms with Crippen molar-refractivity contribution in [3.05, 3.63) is 13.8 Å². The fourth-order valence-electron chi connectivity index (χ4n) is 0.316. The molecule has 1 nitrogen and oxygen atoms in total. The van der Waals surface area contributed by atoms with Crippen molar-refractivity contribution in [1.82, 2.24) is 4.90 Å². The molecule has 0 aromatic heterocycles. The van der Waals surface area contributed by atoms with Crippen molar-refractivity contribution in [3.63, 3.8) is 0 Å². The van der Waals surface area contributed by atoms with Gasteiger partial charge in [0.1, 0.15) is 0 Å². The van der Waals surface area contributed by atoms with E-state index in [1.807, 2.05) is 21.0 Å². The maximum Gasteiger partial charge on any atom is 2.00 e. The second-order valence-corrected chi connectivity index (χ2v) is 2.16. The molecule has 0 bridgehead atoms. The second kappa shape index (κ2) is 16.3. The van der Waals surface area contributed by atoms with Crippen LogP contribution in [0.4, 0.5) is 0 Å². The van der Waals surface area contributed by atoms with Crippen LogP contribution in [-0.2, 0) is 19.5 Å². The Bertz CT molecular complexity index is 38.2. The van der Waals surface area contributed by atoms with Crippen LogP contribution in [-0.4, -0.2) is 25.5 Å². The molecular formula is C8H19NZn. The summed E-state index contributed by atoms with van der Waals surface area (Å²) < 4.78 is 0. The van der Waals surface area contributed by atoms with Crippen LogP contribution >= 0.6 is 0 Å². The molecule has 0 N–H and O–H groups in total.